The maximum Gasteiger partial charge on any atom is 0.426 e. The van der Waals surface area contributed by atoms with Crippen LogP contribution >= 0.6 is 21.6 Å². The van der Waals surface area contributed by atoms with Crippen molar-refractivity contribution in [3.05, 3.63) is 76.5 Å². The molecule has 13 nitrogen and oxygen atoms in total. The second kappa shape index (κ2) is 18.3. The van der Waals surface area contributed by atoms with Crippen molar-refractivity contribution in [3.8, 4) is 0 Å². The van der Waals surface area contributed by atoms with Crippen LogP contribution in [0.3, 0.4) is 0 Å². The average molecular weight is 957 g/mol. The van der Waals surface area contributed by atoms with Crippen molar-refractivity contribution >= 4 is 56.0 Å². The topological polar surface area (TPSA) is 171 Å². The van der Waals surface area contributed by atoms with Gasteiger partial charge in [0.05, 0.1) is 11.6 Å². The SMILES string of the molecule is CC[C@]1(O)C[C@H]2CN(CCc3c([nH]c4ccccc34)[C@@](C)(c3cc4c(cc3C)N(C)[C@H]3[C@@](O)(C(=O)NNC(=O)OCCSSCCCC(=O)C(C)C)[C@H](O)[C@]5(CC)C=CCN6CC[C@]43[C@@H]65)C2)C1. The number of aromatic amines is 1. The fourth-order valence-corrected chi connectivity index (χ4v) is 16.1. The van der Waals surface area contributed by atoms with Crippen LogP contribution in [-0.2, 0) is 31.6 Å². The number of para-hydroxylation sites is 1. The Morgan fingerprint density at radius 2 is 1.78 bits per heavy atom. The molecule has 1 unspecified atom stereocenters. The van der Waals surface area contributed by atoms with Gasteiger partial charge in [-0.15, -0.1) is 0 Å². The lowest BCUT2D eigenvalue weighted by Gasteiger charge is -2.63. The van der Waals surface area contributed by atoms with Gasteiger partial charge in [-0.05, 0) is 106 Å². The molecule has 1 aliphatic carbocycles. The first-order chi connectivity index (χ1) is 32.0. The van der Waals surface area contributed by atoms with E-state index >= 15 is 0 Å². The van der Waals surface area contributed by atoms with Crippen LogP contribution < -0.4 is 15.8 Å². The number of aryl methyl sites for hydroxylation is 1. The Bertz CT molecular complexity index is 2430. The third-order valence-electron chi connectivity index (χ3n) is 17.1. The minimum Gasteiger partial charge on any atom is -0.447 e. The van der Waals surface area contributed by atoms with Gasteiger partial charge in [-0.1, -0.05) is 85.7 Å². The van der Waals surface area contributed by atoms with E-state index in [1.807, 2.05) is 38.8 Å². The van der Waals surface area contributed by atoms with Gasteiger partial charge in [-0.3, -0.25) is 24.8 Å². The van der Waals surface area contributed by atoms with E-state index in [4.69, 9.17) is 4.74 Å². The molecule has 1 spiro atoms. The first-order valence-electron chi connectivity index (χ1n) is 24.7. The third kappa shape index (κ3) is 7.85. The van der Waals surface area contributed by atoms with Crippen molar-refractivity contribution in [2.75, 3.05) is 62.8 Å². The average Bonchev–Trinajstić information content (AvgIpc) is 3.97. The van der Waals surface area contributed by atoms with E-state index in [-0.39, 0.29) is 30.3 Å². The zero-order valence-electron chi connectivity index (χ0n) is 40.5. The van der Waals surface area contributed by atoms with Crippen LogP contribution in [0.25, 0.3) is 10.9 Å². The predicted octanol–water partition coefficient (Wildman–Crippen LogP) is 6.54. The summed E-state index contributed by atoms with van der Waals surface area (Å²) in [5.74, 6) is 0.973. The summed E-state index contributed by atoms with van der Waals surface area (Å²) < 4.78 is 5.41. The molecule has 6 N–H and O–H groups in total. The lowest BCUT2D eigenvalue weighted by molar-refractivity contribution is -0.204. The smallest absolute Gasteiger partial charge is 0.426 e. The van der Waals surface area contributed by atoms with Crippen LogP contribution in [0.4, 0.5) is 10.5 Å². The highest BCUT2D eigenvalue weighted by molar-refractivity contribution is 8.76. The Balaban J connectivity index is 1.06. The molecule has 2 saturated heterocycles. The molecular formula is C52H72N6O7S2. The number of aliphatic hydroxyl groups is 3. The lowest BCUT2D eigenvalue weighted by Crippen LogP contribution is -2.82. The Hall–Kier alpha value is -3.57. The first-order valence-corrected chi connectivity index (χ1v) is 27.2. The van der Waals surface area contributed by atoms with Crippen molar-refractivity contribution in [2.45, 2.75) is 133 Å². The zero-order chi connectivity index (χ0) is 47.7. The number of nitrogens with one attached hydrogen (secondary N) is 3. The number of fused-ring (bicyclic) bond motifs is 6. The number of ether oxygens (including phenoxy) is 1. The number of carbonyl (C=O) groups is 3. The maximum atomic E-state index is 14.9. The Kier molecular flexibility index (Phi) is 13.2. The number of hydrogen-bond donors (Lipinski definition) is 6. The van der Waals surface area contributed by atoms with E-state index in [1.165, 1.54) is 22.2 Å². The summed E-state index contributed by atoms with van der Waals surface area (Å²) in [5, 5.41) is 39.3. The van der Waals surface area contributed by atoms with E-state index in [0.29, 0.717) is 44.5 Å². The van der Waals surface area contributed by atoms with Gasteiger partial charge >= 0.3 is 6.09 Å². The predicted molar refractivity (Wildman–Crippen MR) is 267 cm³/mol. The van der Waals surface area contributed by atoms with Crippen molar-refractivity contribution in [1.29, 1.82) is 0 Å². The monoisotopic (exact) mass is 956 g/mol. The highest BCUT2D eigenvalue weighted by Gasteiger charge is 2.78. The van der Waals surface area contributed by atoms with E-state index in [0.717, 1.165) is 73.4 Å². The molecule has 2 aromatic carbocycles. The van der Waals surface area contributed by atoms with Gasteiger partial charge in [-0.2, -0.15) is 0 Å². The fraction of sp³-hybridized carbons (Fsp3) is 0.635. The summed E-state index contributed by atoms with van der Waals surface area (Å²) in [6, 6.07) is 12.1. The van der Waals surface area contributed by atoms with Gasteiger partial charge in [0.2, 0.25) is 0 Å². The summed E-state index contributed by atoms with van der Waals surface area (Å²) >= 11 is 0. The normalized spacial score (nSPS) is 34.1. The molecule has 1 aromatic heterocycles. The number of ketones is 1. The van der Waals surface area contributed by atoms with Crippen molar-refractivity contribution in [2.24, 2.45) is 17.3 Å². The van der Waals surface area contributed by atoms with Crippen LogP contribution in [0.5, 0.6) is 0 Å². The number of hydrogen-bond acceptors (Lipinski definition) is 12. The van der Waals surface area contributed by atoms with E-state index < -0.39 is 51.6 Å². The molecule has 15 heteroatoms. The van der Waals surface area contributed by atoms with Gasteiger partial charge in [0.15, 0.2) is 5.60 Å². The number of aliphatic hydroxyl groups excluding tert-OH is 1. The molecule has 364 valence electrons. The molecule has 3 aromatic rings. The first kappa shape index (κ1) is 48.5. The molecule has 0 radical (unpaired) electrons. The van der Waals surface area contributed by atoms with Crippen molar-refractivity contribution < 1.29 is 34.4 Å². The second-order valence-electron chi connectivity index (χ2n) is 21.3. The number of rotatable bonds is 13. The number of Topliss-reactive ketones (excluding diaryl/α,β-unsaturated/α-hetero) is 1. The number of likely N-dealkylation sites (N-methyl/N-ethyl adjacent to an activating group) is 1. The zero-order valence-corrected chi connectivity index (χ0v) is 42.1. The molecular weight excluding hydrogens is 885 g/mol. The van der Waals surface area contributed by atoms with Gasteiger partial charge < -0.3 is 29.9 Å². The van der Waals surface area contributed by atoms with Crippen LogP contribution in [0, 0.1) is 24.2 Å². The molecule has 2 amide bonds. The number of piperidine rings is 1. The molecule has 5 aliphatic heterocycles. The summed E-state index contributed by atoms with van der Waals surface area (Å²) in [7, 11) is 5.11. The van der Waals surface area contributed by atoms with Gasteiger partial charge in [0.1, 0.15) is 18.5 Å². The minimum atomic E-state index is -2.37. The Labute approximate surface area is 403 Å². The maximum absolute atomic E-state index is 14.9. The number of H-pyrrole nitrogens is 1. The quantitative estimate of drug-likeness (QED) is 0.0475. The molecule has 9 rings (SSSR count). The molecule has 6 aliphatic rings. The number of amides is 2. The van der Waals surface area contributed by atoms with Crippen molar-refractivity contribution in [1.82, 2.24) is 25.6 Å². The molecule has 10 atom stereocenters. The molecule has 1 saturated carbocycles. The minimum absolute atomic E-state index is 0.0401. The Morgan fingerprint density at radius 1 is 1.00 bits per heavy atom. The summed E-state index contributed by atoms with van der Waals surface area (Å²) in [6.07, 6.45) is 7.32. The summed E-state index contributed by atoms with van der Waals surface area (Å²) in [6.45, 7) is 16.5. The van der Waals surface area contributed by atoms with E-state index in [1.54, 1.807) is 21.6 Å². The molecule has 3 fully saturated rings. The third-order valence-corrected chi connectivity index (χ3v) is 19.6. The van der Waals surface area contributed by atoms with E-state index in [2.05, 4.69) is 88.9 Å². The van der Waals surface area contributed by atoms with Crippen LogP contribution in [0.1, 0.15) is 108 Å². The number of aromatic nitrogens is 1. The largest absolute Gasteiger partial charge is 0.447 e. The molecule has 2 bridgehead atoms. The van der Waals surface area contributed by atoms with Crippen LogP contribution in [0.2, 0.25) is 0 Å². The number of carbonyl (C=O) groups excluding carboxylic acids is 3. The standard InChI is InChI=1S/C52H72N6O7S2/c1-8-49(63)29-34-28-48(6,42-36(17-21-57(30-34)31-49)35-14-10-11-15-39(35)53-42)37-27-38-40(26-33(37)5)56(7)44-51(38)19-22-58-20-13-18-50(9-2,43(51)58)45(60)52(44,64)46(61)54-55-47(62)65-23-25-67-66-24-12-16-41(59)32(3)4/h10-11,13-15,18,26-27,32,34,43-45,53,60,63-64H,8-9,12,16-17,19-25,28-31H2,1-7H3,(H,54,61)(H,55,62)/t34-,43-,44+,45+,48+,49-,50+,51+,52-/m0/s1. The number of anilines is 1. The number of benzene rings is 2. The number of hydrazine groups is 1. The van der Waals surface area contributed by atoms with Gasteiger partial charge in [0, 0.05) is 102 Å². The highest BCUT2D eigenvalue weighted by Crippen LogP contribution is 2.67. The lowest BCUT2D eigenvalue weighted by atomic mass is 9.47. The Morgan fingerprint density at radius 3 is 2.54 bits per heavy atom. The van der Waals surface area contributed by atoms with Crippen LogP contribution in [-0.4, -0.2) is 135 Å². The molecule has 6 heterocycles. The van der Waals surface area contributed by atoms with Gasteiger partial charge in [-0.25, -0.2) is 10.2 Å². The van der Waals surface area contributed by atoms with Gasteiger partial charge in [0.25, 0.3) is 5.91 Å². The molecule has 67 heavy (non-hydrogen) atoms. The van der Waals surface area contributed by atoms with E-state index in [9.17, 15) is 29.7 Å². The summed E-state index contributed by atoms with van der Waals surface area (Å²) in [4.78, 5) is 50.7. The second-order valence-corrected chi connectivity index (χ2v) is 24.0. The fourth-order valence-electron chi connectivity index (χ4n) is 14.2. The van der Waals surface area contributed by atoms with Crippen molar-refractivity contribution in [3.63, 3.8) is 0 Å². The highest BCUT2D eigenvalue weighted by atomic mass is 33.1. The van der Waals surface area contributed by atoms with Crippen LogP contribution in [0.15, 0.2) is 48.6 Å². The number of nitrogens with zero attached hydrogens (tertiary/aromatic N) is 3. The summed E-state index contributed by atoms with van der Waals surface area (Å²) in [5.41, 5.74) is 7.41.